The Labute approximate surface area is 235 Å². The molecule has 4 aromatic rings. The van der Waals surface area contributed by atoms with Crippen LogP contribution in [-0.2, 0) is 11.4 Å². The molecule has 0 aromatic heterocycles. The third-order valence-electron chi connectivity index (χ3n) is 6.08. The largest absolute Gasteiger partial charge is 0.490 e. The number of benzene rings is 4. The molecule has 1 fully saturated rings. The molecule has 1 heterocycles. The molecule has 5 rings (SSSR count). The van der Waals surface area contributed by atoms with Gasteiger partial charge in [0.2, 0.25) is 0 Å². The quantitative estimate of drug-likeness (QED) is 0.222. The lowest BCUT2D eigenvalue weighted by atomic mass is 10.1. The maximum absolute atomic E-state index is 12.7. The van der Waals surface area contributed by atoms with Gasteiger partial charge in [-0.05, 0) is 102 Å². The van der Waals surface area contributed by atoms with Crippen LogP contribution in [0.3, 0.4) is 0 Å². The zero-order valence-corrected chi connectivity index (χ0v) is 23.8. The zero-order chi connectivity index (χ0) is 26.6. The number of amides is 1. The van der Waals surface area contributed by atoms with Crippen molar-refractivity contribution < 1.29 is 14.3 Å². The fourth-order valence-electron chi connectivity index (χ4n) is 4.23. The third-order valence-corrected chi connectivity index (χ3v) is 8.24. The van der Waals surface area contributed by atoms with Crippen molar-refractivity contribution in [1.29, 1.82) is 0 Å². The van der Waals surface area contributed by atoms with Gasteiger partial charge in [-0.15, -0.1) is 0 Å². The first kappa shape index (κ1) is 26.1. The molecule has 1 saturated heterocycles. The number of thioether (sulfide) groups is 1. The molecule has 1 amide bonds. The number of amidine groups is 1. The molecule has 0 unspecified atom stereocenters. The first-order valence-electron chi connectivity index (χ1n) is 12.3. The number of fused-ring (bicyclic) bond motifs is 1. The van der Waals surface area contributed by atoms with Gasteiger partial charge in [-0.1, -0.05) is 58.4 Å². The number of halogens is 1. The van der Waals surface area contributed by atoms with Crippen LogP contribution in [0, 0.1) is 13.8 Å². The van der Waals surface area contributed by atoms with Crippen molar-refractivity contribution in [3.8, 4) is 11.5 Å². The molecule has 0 atom stereocenters. The summed E-state index contributed by atoms with van der Waals surface area (Å²) < 4.78 is 13.1. The molecule has 1 aliphatic heterocycles. The van der Waals surface area contributed by atoms with Gasteiger partial charge in [0.05, 0.1) is 17.2 Å². The van der Waals surface area contributed by atoms with Crippen molar-refractivity contribution >= 4 is 61.3 Å². The molecular formula is C31H27BrN2O3S. The second-order valence-electron chi connectivity index (χ2n) is 8.98. The maximum Gasteiger partial charge on any atom is 0.264 e. The Morgan fingerprint density at radius 1 is 0.921 bits per heavy atom. The van der Waals surface area contributed by atoms with Crippen LogP contribution in [0.2, 0.25) is 0 Å². The normalized spacial score (nSPS) is 15.3. The first-order valence-corrected chi connectivity index (χ1v) is 13.9. The summed E-state index contributed by atoms with van der Waals surface area (Å²) in [6.07, 6.45) is 1.84. The van der Waals surface area contributed by atoms with Gasteiger partial charge in [-0.3, -0.25) is 4.79 Å². The summed E-state index contributed by atoms with van der Waals surface area (Å²) in [6.45, 7) is 6.92. The molecule has 38 heavy (non-hydrogen) atoms. The molecule has 0 bridgehead atoms. The highest BCUT2D eigenvalue weighted by Crippen LogP contribution is 2.34. The van der Waals surface area contributed by atoms with Crippen molar-refractivity contribution in [1.82, 2.24) is 5.32 Å². The average molecular weight is 588 g/mol. The summed E-state index contributed by atoms with van der Waals surface area (Å²) in [4.78, 5) is 17.9. The Hall–Kier alpha value is -3.55. The van der Waals surface area contributed by atoms with Gasteiger partial charge in [0.15, 0.2) is 16.7 Å². The van der Waals surface area contributed by atoms with E-state index >= 15 is 0 Å². The molecule has 0 radical (unpaired) electrons. The Kier molecular flexibility index (Phi) is 7.86. The zero-order valence-electron chi connectivity index (χ0n) is 21.4. The molecule has 5 nitrogen and oxygen atoms in total. The van der Waals surface area contributed by atoms with Crippen LogP contribution in [0.25, 0.3) is 16.8 Å². The molecule has 0 spiro atoms. The number of hydrogen-bond donors (Lipinski definition) is 1. The number of hydrogen-bond acceptors (Lipinski definition) is 5. The summed E-state index contributed by atoms with van der Waals surface area (Å²) in [7, 11) is 0. The van der Waals surface area contributed by atoms with Gasteiger partial charge < -0.3 is 14.8 Å². The molecule has 1 aliphatic rings. The average Bonchev–Trinajstić information content (AvgIpc) is 3.24. The molecule has 0 aliphatic carbocycles. The number of aryl methyl sites for hydroxylation is 2. The summed E-state index contributed by atoms with van der Waals surface area (Å²) in [5.74, 6) is 1.13. The Morgan fingerprint density at radius 2 is 1.68 bits per heavy atom. The van der Waals surface area contributed by atoms with E-state index < -0.39 is 0 Å². The SMILES string of the molecule is CCOc1cc(/C=C2\SC(=Nc3cc(C)c(Br)c(C)c3)NC2=O)ccc1OCc1ccc2ccccc2c1. The van der Waals surface area contributed by atoms with Crippen LogP contribution in [0.4, 0.5) is 5.69 Å². The Bertz CT molecular complexity index is 1570. The standard InChI is InChI=1S/C31H27BrN2O3S/c1-4-36-27-16-21(10-12-26(27)37-18-22-9-11-23-7-5-6-8-24(23)15-22)17-28-30(35)34-31(38-28)33-25-13-19(2)29(32)20(3)14-25/h5-17H,4,18H2,1-3H3,(H,33,34,35)/b28-17-. The number of nitrogens with zero attached hydrogens (tertiary/aromatic N) is 1. The van der Waals surface area contributed by atoms with Gasteiger partial charge in [-0.25, -0.2) is 4.99 Å². The second-order valence-corrected chi connectivity index (χ2v) is 10.8. The molecule has 192 valence electrons. The van der Waals surface area contributed by atoms with Crippen molar-refractivity contribution in [2.45, 2.75) is 27.4 Å². The van der Waals surface area contributed by atoms with Gasteiger partial charge in [-0.2, -0.15) is 0 Å². The van der Waals surface area contributed by atoms with Crippen molar-refractivity contribution in [2.24, 2.45) is 4.99 Å². The molecule has 1 N–H and O–H groups in total. The van der Waals surface area contributed by atoms with E-state index in [0.717, 1.165) is 32.4 Å². The fourth-order valence-corrected chi connectivity index (χ4v) is 5.30. The number of carbonyl (C=O) groups excluding carboxylic acids is 1. The molecule has 0 saturated carbocycles. The Morgan fingerprint density at radius 3 is 2.45 bits per heavy atom. The summed E-state index contributed by atoms with van der Waals surface area (Å²) in [6, 6.07) is 24.3. The summed E-state index contributed by atoms with van der Waals surface area (Å²) >= 11 is 4.91. The number of nitrogens with one attached hydrogen (secondary N) is 1. The number of rotatable bonds is 7. The van der Waals surface area contributed by atoms with Crippen LogP contribution >= 0.6 is 27.7 Å². The minimum absolute atomic E-state index is 0.172. The lowest BCUT2D eigenvalue weighted by molar-refractivity contribution is -0.115. The van der Waals surface area contributed by atoms with Crippen LogP contribution in [-0.4, -0.2) is 17.7 Å². The highest BCUT2D eigenvalue weighted by atomic mass is 79.9. The van der Waals surface area contributed by atoms with Crippen molar-refractivity contribution in [2.75, 3.05) is 6.61 Å². The smallest absolute Gasteiger partial charge is 0.264 e. The van der Waals surface area contributed by atoms with E-state index in [1.165, 1.54) is 22.5 Å². The van der Waals surface area contributed by atoms with E-state index in [4.69, 9.17) is 9.47 Å². The van der Waals surface area contributed by atoms with Crippen LogP contribution < -0.4 is 14.8 Å². The van der Waals surface area contributed by atoms with E-state index in [2.05, 4.69) is 56.6 Å². The second kappa shape index (κ2) is 11.5. The van der Waals surface area contributed by atoms with E-state index in [1.807, 2.05) is 69.3 Å². The highest BCUT2D eigenvalue weighted by Gasteiger charge is 2.24. The third kappa shape index (κ3) is 5.95. The molecule has 4 aromatic carbocycles. The van der Waals surface area contributed by atoms with E-state index in [0.29, 0.717) is 34.8 Å². The minimum atomic E-state index is -0.172. The van der Waals surface area contributed by atoms with E-state index in [1.54, 1.807) is 0 Å². The van der Waals surface area contributed by atoms with E-state index in [-0.39, 0.29) is 5.91 Å². The first-order chi connectivity index (χ1) is 18.4. The predicted octanol–water partition coefficient (Wildman–Crippen LogP) is 8.09. The highest BCUT2D eigenvalue weighted by molar-refractivity contribution is 9.10. The topological polar surface area (TPSA) is 59.9 Å². The van der Waals surface area contributed by atoms with Crippen LogP contribution in [0.15, 0.2) is 87.2 Å². The summed E-state index contributed by atoms with van der Waals surface area (Å²) in [5, 5.41) is 5.81. The van der Waals surface area contributed by atoms with Crippen molar-refractivity contribution in [3.05, 3.63) is 104 Å². The van der Waals surface area contributed by atoms with E-state index in [9.17, 15) is 4.79 Å². The van der Waals surface area contributed by atoms with Crippen LogP contribution in [0.1, 0.15) is 29.2 Å². The number of carbonyl (C=O) groups is 1. The van der Waals surface area contributed by atoms with Gasteiger partial charge in [0, 0.05) is 4.47 Å². The van der Waals surface area contributed by atoms with Crippen molar-refractivity contribution in [3.63, 3.8) is 0 Å². The van der Waals surface area contributed by atoms with Gasteiger partial charge in [0.25, 0.3) is 5.91 Å². The maximum atomic E-state index is 12.7. The molecular weight excluding hydrogens is 560 g/mol. The lowest BCUT2D eigenvalue weighted by Crippen LogP contribution is -2.19. The van der Waals surface area contributed by atoms with Crippen LogP contribution in [0.5, 0.6) is 11.5 Å². The fraction of sp³-hybridized carbons (Fsp3) is 0.161. The summed E-state index contributed by atoms with van der Waals surface area (Å²) in [5.41, 5.74) is 4.93. The number of aliphatic imine (C=N–C) groups is 1. The lowest BCUT2D eigenvalue weighted by Gasteiger charge is -2.13. The van der Waals surface area contributed by atoms with Gasteiger partial charge >= 0.3 is 0 Å². The monoisotopic (exact) mass is 586 g/mol. The van der Waals surface area contributed by atoms with Gasteiger partial charge in [0.1, 0.15) is 6.61 Å². The Balaban J connectivity index is 1.33. The minimum Gasteiger partial charge on any atom is -0.490 e. The molecule has 7 heteroatoms. The number of ether oxygens (including phenoxy) is 2. The predicted molar refractivity (Wildman–Crippen MR) is 160 cm³/mol.